The molecule has 1 N–H and O–H groups in total. The van der Waals surface area contributed by atoms with Crippen molar-refractivity contribution in [1.82, 2.24) is 4.98 Å². The molecule has 0 aliphatic carbocycles. The lowest BCUT2D eigenvalue weighted by molar-refractivity contribution is -0.132. The van der Waals surface area contributed by atoms with Crippen molar-refractivity contribution >= 4 is 5.97 Å². The van der Waals surface area contributed by atoms with Crippen LogP contribution in [0.2, 0.25) is 0 Å². The van der Waals surface area contributed by atoms with Gasteiger partial charge in [0, 0.05) is 11.8 Å². The summed E-state index contributed by atoms with van der Waals surface area (Å²) in [5.41, 5.74) is 2.26. The fourth-order valence-electron chi connectivity index (χ4n) is 2.39. The predicted molar refractivity (Wildman–Crippen MR) is 118 cm³/mol. The highest BCUT2D eigenvalue weighted by atomic mass is 16.5. The smallest absolute Gasteiger partial charge is 0.335 e. The fourth-order valence-corrected chi connectivity index (χ4v) is 2.39. The van der Waals surface area contributed by atoms with Gasteiger partial charge in [0.25, 0.3) is 0 Å². The first-order valence-corrected chi connectivity index (χ1v) is 9.34. The number of nitrogens with zero attached hydrogens (tertiary/aromatic N) is 1. The standard InChI is InChI=1S/C25H25NO4/c1-4-21(25(27)28)15-19(2)17-29-23-13-10-14-24(16-23)30-18-22-12-9-7-5-6-8-11-20(3)26-22/h4-16H,1-2,17-18H2,3H3,(H,27,28)/b6-5?,7-5?,8-6?,9-7?,11-8?,12-9?,20-11?,21-15+,22-12?,26-20?,26-22?. The van der Waals surface area contributed by atoms with Crippen molar-refractivity contribution in [2.24, 2.45) is 0 Å². The zero-order valence-electron chi connectivity index (χ0n) is 17.0. The molecule has 30 heavy (non-hydrogen) atoms. The van der Waals surface area contributed by atoms with Gasteiger partial charge in [-0.2, -0.15) is 0 Å². The van der Waals surface area contributed by atoms with Crippen molar-refractivity contribution < 1.29 is 19.4 Å². The molecule has 1 aromatic carbocycles. The van der Waals surface area contributed by atoms with Gasteiger partial charge in [0.2, 0.25) is 0 Å². The van der Waals surface area contributed by atoms with Gasteiger partial charge in [-0.25, -0.2) is 4.79 Å². The normalized spacial score (nSPS) is 10.5. The predicted octanol–water partition coefficient (Wildman–Crippen LogP) is 5.23. The molecule has 5 nitrogen and oxygen atoms in total. The van der Waals surface area contributed by atoms with E-state index < -0.39 is 5.97 Å². The lowest BCUT2D eigenvalue weighted by atomic mass is 10.2. The first-order chi connectivity index (χ1) is 14.5. The highest BCUT2D eigenvalue weighted by Gasteiger charge is 2.04. The van der Waals surface area contributed by atoms with Gasteiger partial charge in [0.15, 0.2) is 0 Å². The van der Waals surface area contributed by atoms with Gasteiger partial charge in [-0.15, -0.1) is 0 Å². The minimum absolute atomic E-state index is 0.0647. The molecule has 0 fully saturated rings. The van der Waals surface area contributed by atoms with E-state index in [0.29, 0.717) is 23.7 Å². The molecular formula is C25H25NO4. The molecule has 0 saturated carbocycles. The quantitative estimate of drug-likeness (QED) is 0.459. The molecule has 5 heteroatoms. The molecule has 2 aromatic rings. The lowest BCUT2D eigenvalue weighted by Gasteiger charge is -2.10. The third-order valence-corrected chi connectivity index (χ3v) is 3.83. The average molecular weight is 403 g/mol. The minimum atomic E-state index is -1.06. The van der Waals surface area contributed by atoms with E-state index in [1.54, 1.807) is 12.1 Å². The summed E-state index contributed by atoms with van der Waals surface area (Å²) in [7, 11) is 0. The summed E-state index contributed by atoms with van der Waals surface area (Å²) < 4.78 is 11.6. The maximum absolute atomic E-state index is 11.0. The Morgan fingerprint density at radius 1 is 1.03 bits per heavy atom. The number of aromatic nitrogens is 1. The van der Waals surface area contributed by atoms with Crippen LogP contribution in [-0.4, -0.2) is 22.7 Å². The Balaban J connectivity index is 2.03. The molecule has 0 spiro atoms. The summed E-state index contributed by atoms with van der Waals surface area (Å²) in [4.78, 5) is 15.6. The number of ether oxygens (including phenoxy) is 2. The number of hydrogen-bond donors (Lipinski definition) is 1. The van der Waals surface area contributed by atoms with Gasteiger partial charge in [-0.3, -0.25) is 4.98 Å². The van der Waals surface area contributed by atoms with Crippen LogP contribution in [0.5, 0.6) is 11.5 Å². The Labute approximate surface area is 177 Å². The van der Waals surface area contributed by atoms with E-state index in [1.165, 1.54) is 12.2 Å². The molecule has 154 valence electrons. The first kappa shape index (κ1) is 22.4. The summed E-state index contributed by atoms with van der Waals surface area (Å²) in [6.07, 6.45) is 2.69. The monoisotopic (exact) mass is 403 g/mol. The van der Waals surface area contributed by atoms with Crippen LogP contribution in [0.1, 0.15) is 11.4 Å². The van der Waals surface area contributed by atoms with Crippen LogP contribution >= 0.6 is 0 Å². The van der Waals surface area contributed by atoms with Gasteiger partial charge in [0.05, 0.1) is 11.3 Å². The Hall–Kier alpha value is -3.86. The van der Waals surface area contributed by atoms with E-state index in [4.69, 9.17) is 14.6 Å². The number of rotatable bonds is 9. The Kier molecular flexibility index (Phi) is 8.87. The molecule has 0 radical (unpaired) electrons. The van der Waals surface area contributed by atoms with Crippen LogP contribution in [-0.2, 0) is 11.4 Å². The third kappa shape index (κ3) is 8.02. The molecule has 0 atom stereocenters. The highest BCUT2D eigenvalue weighted by molar-refractivity contribution is 5.90. The van der Waals surface area contributed by atoms with E-state index in [0.717, 1.165) is 11.4 Å². The maximum Gasteiger partial charge on any atom is 0.335 e. The highest BCUT2D eigenvalue weighted by Crippen LogP contribution is 2.21. The van der Waals surface area contributed by atoms with Gasteiger partial charge < -0.3 is 14.6 Å². The van der Waals surface area contributed by atoms with E-state index in [-0.39, 0.29) is 12.2 Å². The van der Waals surface area contributed by atoms with Crippen LogP contribution < -0.4 is 9.47 Å². The molecular weight excluding hydrogens is 378 g/mol. The molecule has 0 aliphatic rings. The molecule has 0 unspecified atom stereocenters. The summed E-state index contributed by atoms with van der Waals surface area (Å²) in [5, 5.41) is 9.03. The summed E-state index contributed by atoms with van der Waals surface area (Å²) in [6.45, 7) is 9.68. The zero-order chi connectivity index (χ0) is 21.8. The molecule has 0 amide bonds. The second-order valence-electron chi connectivity index (χ2n) is 6.36. The van der Waals surface area contributed by atoms with E-state index >= 15 is 0 Å². The summed E-state index contributed by atoms with van der Waals surface area (Å²) in [5.74, 6) is 0.164. The molecule has 0 saturated heterocycles. The van der Waals surface area contributed by atoms with Crippen molar-refractivity contribution in [2.75, 3.05) is 6.61 Å². The van der Waals surface area contributed by atoms with Gasteiger partial charge in [-0.05, 0) is 42.8 Å². The minimum Gasteiger partial charge on any atom is -0.489 e. The van der Waals surface area contributed by atoms with Crippen molar-refractivity contribution in [1.29, 1.82) is 0 Å². The second kappa shape index (κ2) is 11.9. The van der Waals surface area contributed by atoms with E-state index in [9.17, 15) is 4.79 Å². The van der Waals surface area contributed by atoms with Crippen LogP contribution in [0.15, 0.2) is 103 Å². The fraction of sp³-hybridized carbons (Fsp3) is 0.120. The molecule has 1 aromatic heterocycles. The molecule has 2 rings (SSSR count). The topological polar surface area (TPSA) is 68.7 Å². The number of carboxylic acids is 1. The van der Waals surface area contributed by atoms with Gasteiger partial charge in [-0.1, -0.05) is 55.6 Å². The maximum atomic E-state index is 11.0. The molecule has 0 aliphatic heterocycles. The van der Waals surface area contributed by atoms with Crippen LogP contribution in [0.3, 0.4) is 0 Å². The number of hydrogen-bond acceptors (Lipinski definition) is 4. The zero-order valence-corrected chi connectivity index (χ0v) is 17.0. The second-order valence-corrected chi connectivity index (χ2v) is 6.36. The van der Waals surface area contributed by atoms with Gasteiger partial charge >= 0.3 is 5.97 Å². The number of aryl methyl sites for hydroxylation is 1. The third-order valence-electron chi connectivity index (χ3n) is 3.83. The summed E-state index contributed by atoms with van der Waals surface area (Å²) >= 11 is 0. The molecule has 0 bridgehead atoms. The Morgan fingerprint density at radius 2 is 1.70 bits per heavy atom. The Morgan fingerprint density at radius 3 is 2.40 bits per heavy atom. The molecule has 1 heterocycles. The number of carbonyl (C=O) groups is 1. The summed E-state index contributed by atoms with van der Waals surface area (Å²) in [6, 6.07) is 20.7. The number of aliphatic carboxylic acids is 1. The lowest BCUT2D eigenvalue weighted by Crippen LogP contribution is -2.03. The average Bonchev–Trinajstić information content (AvgIpc) is 2.73. The number of benzene rings is 1. The van der Waals surface area contributed by atoms with Crippen molar-refractivity contribution in [3.63, 3.8) is 0 Å². The number of carboxylic acid groups (broad SMARTS) is 1. The van der Waals surface area contributed by atoms with Crippen molar-refractivity contribution in [2.45, 2.75) is 13.5 Å². The van der Waals surface area contributed by atoms with Crippen molar-refractivity contribution in [3.8, 4) is 11.5 Å². The van der Waals surface area contributed by atoms with Crippen LogP contribution in [0.25, 0.3) is 0 Å². The largest absolute Gasteiger partial charge is 0.489 e. The SMILES string of the molecule is C=C/C(=C\C(=C)COc1cccc(OCc2cccccccc(C)n2)c1)C(=O)O. The Bertz CT molecular complexity index is 994. The van der Waals surface area contributed by atoms with E-state index in [2.05, 4.69) is 18.1 Å². The van der Waals surface area contributed by atoms with Crippen LogP contribution in [0.4, 0.5) is 0 Å². The van der Waals surface area contributed by atoms with E-state index in [1.807, 2.05) is 61.5 Å². The first-order valence-electron chi connectivity index (χ1n) is 9.34. The van der Waals surface area contributed by atoms with Gasteiger partial charge in [0.1, 0.15) is 24.7 Å². The van der Waals surface area contributed by atoms with Crippen LogP contribution in [0, 0.1) is 6.92 Å². The van der Waals surface area contributed by atoms with Crippen molar-refractivity contribution in [3.05, 3.63) is 115 Å².